The first kappa shape index (κ1) is 20.9. The highest BCUT2D eigenvalue weighted by Gasteiger charge is 2.26. The van der Waals surface area contributed by atoms with Gasteiger partial charge in [0.05, 0.1) is 7.11 Å². The number of hydrogen-bond acceptors (Lipinski definition) is 5. The number of methoxy groups -OCH3 is 1. The summed E-state index contributed by atoms with van der Waals surface area (Å²) in [6, 6.07) is 7.44. The molecule has 3 rings (SSSR count). The molecule has 144 valence electrons. The first-order valence-corrected chi connectivity index (χ1v) is 9.85. The smallest absolute Gasteiger partial charge is 0.253 e. The molecule has 1 aromatic rings. The summed E-state index contributed by atoms with van der Waals surface area (Å²) >= 11 is 1.90. The summed E-state index contributed by atoms with van der Waals surface area (Å²) in [4.78, 5) is 28.7. The fourth-order valence-electron chi connectivity index (χ4n) is 3.17. The van der Waals surface area contributed by atoms with Gasteiger partial charge in [-0.15, -0.1) is 12.4 Å². The molecule has 2 saturated heterocycles. The maximum atomic E-state index is 12.6. The Morgan fingerprint density at radius 3 is 2.38 bits per heavy atom. The molecule has 2 aliphatic heterocycles. The highest BCUT2D eigenvalue weighted by atomic mass is 35.5. The molecule has 0 spiro atoms. The summed E-state index contributed by atoms with van der Waals surface area (Å²) in [5.41, 5.74) is 0.656. The number of nitrogens with one attached hydrogen (secondary N) is 1. The topological polar surface area (TPSA) is 61.9 Å². The van der Waals surface area contributed by atoms with E-state index in [9.17, 15) is 9.59 Å². The number of amides is 2. The van der Waals surface area contributed by atoms with Crippen molar-refractivity contribution in [1.29, 1.82) is 0 Å². The second-order valence-corrected chi connectivity index (χ2v) is 7.48. The predicted molar refractivity (Wildman–Crippen MR) is 106 cm³/mol. The zero-order valence-corrected chi connectivity index (χ0v) is 16.6. The van der Waals surface area contributed by atoms with Crippen LogP contribution in [0.5, 0.6) is 5.75 Å². The summed E-state index contributed by atoms with van der Waals surface area (Å²) in [6.45, 7) is 3.38. The number of piperazine rings is 1. The molecule has 1 aromatic carbocycles. The van der Waals surface area contributed by atoms with Crippen molar-refractivity contribution in [3.05, 3.63) is 29.8 Å². The minimum absolute atomic E-state index is 0. The number of thioether (sulfide) groups is 1. The van der Waals surface area contributed by atoms with Crippen LogP contribution in [0.1, 0.15) is 16.8 Å². The molecule has 8 heteroatoms. The molecule has 2 fully saturated rings. The van der Waals surface area contributed by atoms with Gasteiger partial charge in [-0.25, -0.2) is 0 Å². The average Bonchev–Trinajstić information content (AvgIpc) is 2.68. The number of hydrogen-bond donors (Lipinski definition) is 1. The van der Waals surface area contributed by atoms with Gasteiger partial charge in [-0.1, -0.05) is 0 Å². The number of carbonyl (C=O) groups excluding carboxylic acids is 2. The molecule has 0 aromatic heterocycles. The number of rotatable bonds is 4. The molecule has 1 atom stereocenters. The molecule has 2 heterocycles. The van der Waals surface area contributed by atoms with E-state index in [0.717, 1.165) is 23.8 Å². The SMILES string of the molecule is COc1ccc(C(=O)N2CCN(C(=O)CC3CSCCN3)CC2)cc1.Cl. The molecular weight excluding hydrogens is 374 g/mol. The maximum absolute atomic E-state index is 12.6. The van der Waals surface area contributed by atoms with Crippen molar-refractivity contribution in [2.75, 3.05) is 51.3 Å². The van der Waals surface area contributed by atoms with Crippen LogP contribution < -0.4 is 10.1 Å². The Balaban J connectivity index is 0.00000243. The summed E-state index contributed by atoms with van der Waals surface area (Å²) in [5, 5.41) is 3.40. The van der Waals surface area contributed by atoms with Gasteiger partial charge >= 0.3 is 0 Å². The second kappa shape index (κ2) is 10.0. The first-order chi connectivity index (χ1) is 12.2. The van der Waals surface area contributed by atoms with Crippen molar-refractivity contribution in [3.63, 3.8) is 0 Å². The van der Waals surface area contributed by atoms with E-state index in [4.69, 9.17) is 4.74 Å². The van der Waals surface area contributed by atoms with Gasteiger partial charge in [-0.3, -0.25) is 9.59 Å². The van der Waals surface area contributed by atoms with Gasteiger partial charge in [0.1, 0.15) is 5.75 Å². The molecule has 0 radical (unpaired) electrons. The third-order valence-electron chi connectivity index (χ3n) is 4.68. The van der Waals surface area contributed by atoms with Gasteiger partial charge in [0.15, 0.2) is 0 Å². The van der Waals surface area contributed by atoms with Crippen LogP contribution in [0, 0.1) is 0 Å². The molecule has 1 unspecified atom stereocenters. The average molecular weight is 400 g/mol. The molecule has 0 bridgehead atoms. The summed E-state index contributed by atoms with van der Waals surface area (Å²) in [6.07, 6.45) is 0.555. The van der Waals surface area contributed by atoms with E-state index in [1.165, 1.54) is 0 Å². The van der Waals surface area contributed by atoms with E-state index in [1.807, 2.05) is 21.6 Å². The molecule has 2 amide bonds. The molecule has 0 aliphatic carbocycles. The van der Waals surface area contributed by atoms with Crippen LogP contribution in [0.3, 0.4) is 0 Å². The van der Waals surface area contributed by atoms with Crippen LogP contribution in [0.15, 0.2) is 24.3 Å². The fourth-order valence-corrected chi connectivity index (χ4v) is 4.11. The first-order valence-electron chi connectivity index (χ1n) is 8.69. The van der Waals surface area contributed by atoms with Crippen LogP contribution in [-0.4, -0.2) is 79.0 Å². The third kappa shape index (κ3) is 5.28. The lowest BCUT2D eigenvalue weighted by molar-refractivity contribution is -0.133. The number of nitrogens with zero attached hydrogens (tertiary/aromatic N) is 2. The Kier molecular flexibility index (Phi) is 8.06. The molecular formula is C18H26ClN3O3S. The predicted octanol–water partition coefficient (Wildman–Crippen LogP) is 1.50. The zero-order chi connectivity index (χ0) is 17.6. The fraction of sp³-hybridized carbons (Fsp3) is 0.556. The van der Waals surface area contributed by atoms with E-state index in [2.05, 4.69) is 5.32 Å². The monoisotopic (exact) mass is 399 g/mol. The van der Waals surface area contributed by atoms with Crippen molar-refractivity contribution < 1.29 is 14.3 Å². The van der Waals surface area contributed by atoms with Crippen LogP contribution in [0.2, 0.25) is 0 Å². The lowest BCUT2D eigenvalue weighted by atomic mass is 10.1. The van der Waals surface area contributed by atoms with Gasteiger partial charge in [0.2, 0.25) is 5.91 Å². The number of carbonyl (C=O) groups is 2. The van der Waals surface area contributed by atoms with Crippen molar-refractivity contribution in [2.24, 2.45) is 0 Å². The van der Waals surface area contributed by atoms with Crippen LogP contribution in [0.4, 0.5) is 0 Å². The largest absolute Gasteiger partial charge is 0.497 e. The van der Waals surface area contributed by atoms with E-state index in [-0.39, 0.29) is 30.3 Å². The standard InChI is InChI=1S/C18H25N3O3S.ClH/c1-24-16-4-2-14(3-5-16)18(23)21-9-7-20(8-10-21)17(22)12-15-13-25-11-6-19-15;/h2-5,15,19H,6-13H2,1H3;1H. The number of ether oxygens (including phenoxy) is 1. The van der Waals surface area contributed by atoms with Crippen molar-refractivity contribution in [3.8, 4) is 5.75 Å². The summed E-state index contributed by atoms with van der Waals surface area (Å²) in [5.74, 6) is 3.07. The zero-order valence-electron chi connectivity index (χ0n) is 15.0. The van der Waals surface area contributed by atoms with E-state index < -0.39 is 0 Å². The van der Waals surface area contributed by atoms with Gasteiger partial charge in [0.25, 0.3) is 5.91 Å². The second-order valence-electron chi connectivity index (χ2n) is 6.33. The quantitative estimate of drug-likeness (QED) is 0.831. The summed E-state index contributed by atoms with van der Waals surface area (Å²) < 4.78 is 5.12. The lowest BCUT2D eigenvalue weighted by Gasteiger charge is -2.36. The Morgan fingerprint density at radius 2 is 1.81 bits per heavy atom. The maximum Gasteiger partial charge on any atom is 0.253 e. The highest BCUT2D eigenvalue weighted by molar-refractivity contribution is 7.99. The minimum atomic E-state index is 0. The number of halogens is 1. The van der Waals surface area contributed by atoms with Crippen molar-refractivity contribution >= 4 is 36.0 Å². The van der Waals surface area contributed by atoms with Gasteiger partial charge < -0.3 is 19.9 Å². The highest BCUT2D eigenvalue weighted by Crippen LogP contribution is 2.16. The molecule has 0 saturated carbocycles. The Bertz CT molecular complexity index is 600. The van der Waals surface area contributed by atoms with Gasteiger partial charge in [0, 0.05) is 62.3 Å². The lowest BCUT2D eigenvalue weighted by Crippen LogP contribution is -2.52. The Labute approximate surface area is 165 Å². The van der Waals surface area contributed by atoms with E-state index >= 15 is 0 Å². The minimum Gasteiger partial charge on any atom is -0.497 e. The normalized spacial score (nSPS) is 20.3. The molecule has 6 nitrogen and oxygen atoms in total. The third-order valence-corrected chi connectivity index (χ3v) is 5.81. The van der Waals surface area contributed by atoms with Crippen LogP contribution >= 0.6 is 24.2 Å². The van der Waals surface area contributed by atoms with Gasteiger partial charge in [-0.05, 0) is 24.3 Å². The number of benzene rings is 1. The Hall–Kier alpha value is -1.44. The van der Waals surface area contributed by atoms with Crippen molar-refractivity contribution in [2.45, 2.75) is 12.5 Å². The van der Waals surface area contributed by atoms with E-state index in [1.54, 1.807) is 31.4 Å². The molecule has 2 aliphatic rings. The van der Waals surface area contributed by atoms with E-state index in [0.29, 0.717) is 38.2 Å². The molecule has 1 N–H and O–H groups in total. The van der Waals surface area contributed by atoms with Gasteiger partial charge in [-0.2, -0.15) is 11.8 Å². The Morgan fingerprint density at radius 1 is 1.15 bits per heavy atom. The summed E-state index contributed by atoms with van der Waals surface area (Å²) in [7, 11) is 1.61. The van der Waals surface area contributed by atoms with Crippen LogP contribution in [0.25, 0.3) is 0 Å². The van der Waals surface area contributed by atoms with Crippen molar-refractivity contribution in [1.82, 2.24) is 15.1 Å². The molecule has 26 heavy (non-hydrogen) atoms. The van der Waals surface area contributed by atoms with Crippen LogP contribution in [-0.2, 0) is 4.79 Å².